The quantitative estimate of drug-likeness (QED) is 0.461. The van der Waals surface area contributed by atoms with Gasteiger partial charge >= 0.3 is 0 Å². The van der Waals surface area contributed by atoms with Crippen molar-refractivity contribution in [1.82, 2.24) is 15.1 Å². The maximum atomic E-state index is 4.88. The molecule has 2 aliphatic heterocycles. The smallest absolute Gasteiger partial charge is 0.194 e. The average Bonchev–Trinajstić information content (AvgIpc) is 3.21. The van der Waals surface area contributed by atoms with Crippen molar-refractivity contribution in [2.24, 2.45) is 4.99 Å². The number of rotatable bonds is 7. The fraction of sp³-hybridized carbons (Fsp3) is 0.591. The van der Waals surface area contributed by atoms with E-state index in [-0.39, 0.29) is 0 Å². The molecule has 1 aromatic carbocycles. The van der Waals surface area contributed by atoms with Gasteiger partial charge in [0.15, 0.2) is 5.96 Å². The van der Waals surface area contributed by atoms with E-state index in [1.807, 2.05) is 0 Å². The van der Waals surface area contributed by atoms with E-state index in [2.05, 4.69) is 58.4 Å². The normalized spacial score (nSPS) is 18.9. The molecule has 1 N–H and O–H groups in total. The second-order valence-corrected chi connectivity index (χ2v) is 7.28. The number of benzene rings is 1. The van der Waals surface area contributed by atoms with Crippen LogP contribution in [0.2, 0.25) is 0 Å². The predicted octanol–water partition coefficient (Wildman–Crippen LogP) is 3.62. The Morgan fingerprint density at radius 2 is 1.88 bits per heavy atom. The van der Waals surface area contributed by atoms with Crippen molar-refractivity contribution in [2.45, 2.75) is 39.0 Å². The molecule has 0 radical (unpaired) electrons. The van der Waals surface area contributed by atoms with Crippen LogP contribution < -0.4 is 5.32 Å². The van der Waals surface area contributed by atoms with Crippen LogP contribution in [0.1, 0.15) is 44.6 Å². The molecule has 4 heteroatoms. The van der Waals surface area contributed by atoms with E-state index < -0.39 is 0 Å². The van der Waals surface area contributed by atoms with E-state index in [0.29, 0.717) is 0 Å². The van der Waals surface area contributed by atoms with E-state index >= 15 is 0 Å². The molecule has 26 heavy (non-hydrogen) atoms. The van der Waals surface area contributed by atoms with Crippen LogP contribution in [0.15, 0.2) is 41.4 Å². The van der Waals surface area contributed by atoms with E-state index in [1.54, 1.807) is 0 Å². The molecule has 0 spiro atoms. The topological polar surface area (TPSA) is 30.9 Å². The van der Waals surface area contributed by atoms with Gasteiger partial charge in [0.25, 0.3) is 0 Å². The lowest BCUT2D eigenvalue weighted by molar-refractivity contribution is 0.331. The van der Waals surface area contributed by atoms with Crippen LogP contribution in [0, 0.1) is 0 Å². The Labute approximate surface area is 159 Å². The van der Waals surface area contributed by atoms with Crippen LogP contribution in [0.25, 0.3) is 5.57 Å². The number of aliphatic imine (C=N–C) groups is 1. The van der Waals surface area contributed by atoms with E-state index in [4.69, 9.17) is 4.99 Å². The van der Waals surface area contributed by atoms with E-state index in [9.17, 15) is 0 Å². The van der Waals surface area contributed by atoms with Crippen molar-refractivity contribution in [3.8, 4) is 0 Å². The minimum absolute atomic E-state index is 0.929. The third kappa shape index (κ3) is 5.60. The minimum atomic E-state index is 0.929. The van der Waals surface area contributed by atoms with Gasteiger partial charge in [0, 0.05) is 26.2 Å². The Hall–Kier alpha value is -1.81. The Morgan fingerprint density at radius 3 is 2.58 bits per heavy atom. The predicted molar refractivity (Wildman–Crippen MR) is 111 cm³/mol. The van der Waals surface area contributed by atoms with Gasteiger partial charge in [-0.05, 0) is 69.8 Å². The first kappa shape index (κ1) is 19.0. The molecule has 0 amide bonds. The molecule has 0 atom stereocenters. The summed E-state index contributed by atoms with van der Waals surface area (Å²) in [6, 6.07) is 10.7. The zero-order chi connectivity index (χ0) is 18.0. The average molecular weight is 355 g/mol. The molecule has 1 saturated heterocycles. The van der Waals surface area contributed by atoms with E-state index in [0.717, 1.165) is 38.6 Å². The molecule has 4 nitrogen and oxygen atoms in total. The second kappa shape index (κ2) is 10.4. The SMILES string of the molecule is CCNC(=NCCCCN1CCCC1)N1CC=C(c2ccccc2)CC1. The molecule has 0 aliphatic carbocycles. The number of nitrogens with one attached hydrogen (secondary N) is 1. The van der Waals surface area contributed by atoms with Gasteiger partial charge in [-0.2, -0.15) is 0 Å². The van der Waals surface area contributed by atoms with Crippen molar-refractivity contribution in [1.29, 1.82) is 0 Å². The summed E-state index contributed by atoms with van der Waals surface area (Å²) in [5.74, 6) is 1.08. The third-order valence-corrected chi connectivity index (χ3v) is 5.33. The fourth-order valence-electron chi connectivity index (χ4n) is 3.84. The van der Waals surface area contributed by atoms with Crippen LogP contribution in [-0.4, -0.2) is 61.6 Å². The Morgan fingerprint density at radius 1 is 1.08 bits per heavy atom. The van der Waals surface area contributed by atoms with Crippen molar-refractivity contribution in [3.63, 3.8) is 0 Å². The zero-order valence-electron chi connectivity index (χ0n) is 16.3. The molecule has 0 aromatic heterocycles. The zero-order valence-corrected chi connectivity index (χ0v) is 16.3. The summed E-state index contributed by atoms with van der Waals surface area (Å²) in [6.45, 7) is 9.85. The monoisotopic (exact) mass is 354 g/mol. The highest BCUT2D eigenvalue weighted by Gasteiger charge is 2.16. The molecule has 3 rings (SSSR count). The summed E-state index contributed by atoms with van der Waals surface area (Å²) in [5, 5.41) is 3.48. The third-order valence-electron chi connectivity index (χ3n) is 5.33. The molecule has 0 unspecified atom stereocenters. The van der Waals surface area contributed by atoms with Gasteiger partial charge in [-0.25, -0.2) is 0 Å². The van der Waals surface area contributed by atoms with Gasteiger partial charge in [0.05, 0.1) is 0 Å². The lowest BCUT2D eigenvalue weighted by atomic mass is 10.00. The van der Waals surface area contributed by atoms with Gasteiger partial charge < -0.3 is 15.1 Å². The van der Waals surface area contributed by atoms with Crippen LogP contribution >= 0.6 is 0 Å². The lowest BCUT2D eigenvalue weighted by Crippen LogP contribution is -2.43. The summed E-state index contributed by atoms with van der Waals surface area (Å²) >= 11 is 0. The molecule has 2 aliphatic rings. The molecule has 142 valence electrons. The van der Waals surface area contributed by atoms with Gasteiger partial charge in [-0.15, -0.1) is 0 Å². The summed E-state index contributed by atoms with van der Waals surface area (Å²) in [4.78, 5) is 9.86. The summed E-state index contributed by atoms with van der Waals surface area (Å²) < 4.78 is 0. The standard InChI is InChI=1S/C22H34N4/c1-2-23-22(24-14-6-7-15-25-16-8-9-17-25)26-18-12-21(13-19-26)20-10-4-3-5-11-20/h3-5,10-12H,2,6-9,13-19H2,1H3,(H,23,24). The van der Waals surface area contributed by atoms with Gasteiger partial charge in [0.1, 0.15) is 0 Å². The van der Waals surface area contributed by atoms with Gasteiger partial charge in [-0.3, -0.25) is 4.99 Å². The summed E-state index contributed by atoms with van der Waals surface area (Å²) in [5.41, 5.74) is 2.82. The number of hydrogen-bond acceptors (Lipinski definition) is 2. The van der Waals surface area contributed by atoms with E-state index in [1.165, 1.54) is 56.5 Å². The number of hydrogen-bond donors (Lipinski definition) is 1. The first-order valence-electron chi connectivity index (χ1n) is 10.4. The molecule has 1 fully saturated rings. The minimum Gasteiger partial charge on any atom is -0.357 e. The highest BCUT2D eigenvalue weighted by atomic mass is 15.3. The highest BCUT2D eigenvalue weighted by Crippen LogP contribution is 2.22. The van der Waals surface area contributed by atoms with Crippen molar-refractivity contribution >= 4 is 11.5 Å². The molecule has 2 heterocycles. The molecular weight excluding hydrogens is 320 g/mol. The molecule has 0 saturated carbocycles. The lowest BCUT2D eigenvalue weighted by Gasteiger charge is -2.30. The number of unbranched alkanes of at least 4 members (excludes halogenated alkanes) is 1. The maximum Gasteiger partial charge on any atom is 0.194 e. The van der Waals surface area contributed by atoms with Crippen LogP contribution in [0.5, 0.6) is 0 Å². The number of nitrogens with zero attached hydrogens (tertiary/aromatic N) is 3. The largest absolute Gasteiger partial charge is 0.357 e. The van der Waals surface area contributed by atoms with Crippen molar-refractivity contribution in [3.05, 3.63) is 42.0 Å². The Balaban J connectivity index is 1.47. The first-order chi connectivity index (χ1) is 12.9. The fourth-order valence-corrected chi connectivity index (χ4v) is 3.84. The van der Waals surface area contributed by atoms with Gasteiger partial charge in [0.2, 0.25) is 0 Å². The van der Waals surface area contributed by atoms with Crippen molar-refractivity contribution in [2.75, 3.05) is 45.8 Å². The van der Waals surface area contributed by atoms with Crippen molar-refractivity contribution < 1.29 is 0 Å². The van der Waals surface area contributed by atoms with Gasteiger partial charge in [-0.1, -0.05) is 36.4 Å². The van der Waals surface area contributed by atoms with Crippen LogP contribution in [-0.2, 0) is 0 Å². The Bertz CT molecular complexity index is 587. The first-order valence-corrected chi connectivity index (χ1v) is 10.4. The second-order valence-electron chi connectivity index (χ2n) is 7.28. The molecule has 0 bridgehead atoms. The number of guanidine groups is 1. The van der Waals surface area contributed by atoms with Crippen LogP contribution in [0.4, 0.5) is 0 Å². The summed E-state index contributed by atoms with van der Waals surface area (Å²) in [7, 11) is 0. The molecular formula is C22H34N4. The Kier molecular flexibility index (Phi) is 7.56. The number of likely N-dealkylation sites (tertiary alicyclic amines) is 1. The summed E-state index contributed by atoms with van der Waals surface area (Å²) in [6.07, 6.45) is 8.67. The highest BCUT2D eigenvalue weighted by molar-refractivity contribution is 5.81. The maximum absolute atomic E-state index is 4.88. The van der Waals surface area contributed by atoms with Crippen LogP contribution in [0.3, 0.4) is 0 Å². The molecule has 1 aromatic rings.